The van der Waals surface area contributed by atoms with Gasteiger partial charge in [0.2, 0.25) is 0 Å². The molecular formula is C19H15N3O3. The zero-order valence-corrected chi connectivity index (χ0v) is 13.1. The Morgan fingerprint density at radius 3 is 2.32 bits per heavy atom. The third-order valence-corrected chi connectivity index (χ3v) is 3.64. The molecular weight excluding hydrogens is 318 g/mol. The van der Waals surface area contributed by atoms with E-state index in [0.717, 1.165) is 16.3 Å². The van der Waals surface area contributed by atoms with E-state index in [1.807, 2.05) is 42.5 Å². The van der Waals surface area contributed by atoms with E-state index < -0.39 is 11.8 Å². The fourth-order valence-corrected chi connectivity index (χ4v) is 2.38. The van der Waals surface area contributed by atoms with Crippen LogP contribution in [0.5, 0.6) is 0 Å². The number of hydrogen-bond acceptors (Lipinski definition) is 4. The second kappa shape index (κ2) is 7.37. The normalized spacial score (nSPS) is 10.8. The van der Waals surface area contributed by atoms with Gasteiger partial charge >= 0.3 is 0 Å². The van der Waals surface area contributed by atoms with Crippen LogP contribution in [0.25, 0.3) is 10.8 Å². The summed E-state index contributed by atoms with van der Waals surface area (Å²) >= 11 is 0. The minimum Gasteiger partial charge on any atom is -0.288 e. The lowest BCUT2D eigenvalue weighted by Gasteiger charge is -2.03. The van der Waals surface area contributed by atoms with E-state index in [-0.39, 0.29) is 11.1 Å². The van der Waals surface area contributed by atoms with Crippen molar-refractivity contribution in [1.82, 2.24) is 10.9 Å². The SMILES string of the molecule is O=C(NO)c1cccc(C(=O)N/N=C/c2ccc3ccccc3c2)c1. The van der Waals surface area contributed by atoms with E-state index in [0.29, 0.717) is 0 Å². The predicted octanol–water partition coefficient (Wildman–Crippen LogP) is 2.72. The summed E-state index contributed by atoms with van der Waals surface area (Å²) in [5.41, 5.74) is 5.23. The molecule has 25 heavy (non-hydrogen) atoms. The molecule has 0 aliphatic heterocycles. The lowest BCUT2D eigenvalue weighted by atomic mass is 10.1. The van der Waals surface area contributed by atoms with E-state index in [2.05, 4.69) is 10.5 Å². The van der Waals surface area contributed by atoms with Crippen molar-refractivity contribution in [3.63, 3.8) is 0 Å². The van der Waals surface area contributed by atoms with Crippen molar-refractivity contribution in [2.75, 3.05) is 0 Å². The lowest BCUT2D eigenvalue weighted by Crippen LogP contribution is -2.21. The summed E-state index contributed by atoms with van der Waals surface area (Å²) in [4.78, 5) is 23.5. The van der Waals surface area contributed by atoms with Crippen LogP contribution in [-0.2, 0) is 0 Å². The molecule has 124 valence electrons. The van der Waals surface area contributed by atoms with Gasteiger partial charge in [-0.05, 0) is 40.6 Å². The summed E-state index contributed by atoms with van der Waals surface area (Å²) in [6.45, 7) is 0. The molecule has 6 heteroatoms. The number of rotatable bonds is 4. The van der Waals surface area contributed by atoms with Crippen LogP contribution in [0.4, 0.5) is 0 Å². The topological polar surface area (TPSA) is 90.8 Å². The molecule has 0 spiro atoms. The molecule has 0 heterocycles. The van der Waals surface area contributed by atoms with E-state index in [1.165, 1.54) is 17.6 Å². The summed E-state index contributed by atoms with van der Waals surface area (Å²) in [5, 5.41) is 14.8. The highest BCUT2D eigenvalue weighted by molar-refractivity contribution is 5.99. The first-order valence-corrected chi connectivity index (χ1v) is 7.54. The van der Waals surface area contributed by atoms with Crippen molar-refractivity contribution >= 4 is 28.8 Å². The Morgan fingerprint density at radius 1 is 0.840 bits per heavy atom. The van der Waals surface area contributed by atoms with Crippen LogP contribution in [0.2, 0.25) is 0 Å². The van der Waals surface area contributed by atoms with Crippen molar-refractivity contribution in [2.45, 2.75) is 0 Å². The molecule has 0 fully saturated rings. The average Bonchev–Trinajstić information content (AvgIpc) is 2.67. The lowest BCUT2D eigenvalue weighted by molar-refractivity contribution is 0.0706. The first kappa shape index (κ1) is 16.4. The van der Waals surface area contributed by atoms with Crippen LogP contribution in [0.3, 0.4) is 0 Å². The first-order chi connectivity index (χ1) is 12.2. The molecule has 0 aromatic heterocycles. The molecule has 3 aromatic carbocycles. The van der Waals surface area contributed by atoms with Crippen LogP contribution in [-0.4, -0.2) is 23.2 Å². The average molecular weight is 333 g/mol. The Hall–Kier alpha value is -3.51. The highest BCUT2D eigenvalue weighted by Gasteiger charge is 2.09. The maximum absolute atomic E-state index is 12.1. The van der Waals surface area contributed by atoms with Gasteiger partial charge in [-0.1, -0.05) is 42.5 Å². The van der Waals surface area contributed by atoms with Crippen LogP contribution in [0.1, 0.15) is 26.3 Å². The Morgan fingerprint density at radius 2 is 1.56 bits per heavy atom. The summed E-state index contributed by atoms with van der Waals surface area (Å²) in [6.07, 6.45) is 1.55. The molecule has 3 rings (SSSR count). The number of nitrogens with one attached hydrogen (secondary N) is 2. The standard InChI is InChI=1S/C19H15N3O3/c23-18(16-6-3-7-17(11-16)19(24)22-25)21-20-12-13-8-9-14-4-1-2-5-15(14)10-13/h1-12,25H,(H,21,23)(H,22,24)/b20-12+. The second-order valence-corrected chi connectivity index (χ2v) is 5.33. The molecule has 6 nitrogen and oxygen atoms in total. The smallest absolute Gasteiger partial charge is 0.274 e. The van der Waals surface area contributed by atoms with Crippen LogP contribution in [0, 0.1) is 0 Å². The van der Waals surface area contributed by atoms with Gasteiger partial charge in [0.15, 0.2) is 0 Å². The van der Waals surface area contributed by atoms with Gasteiger partial charge in [0.1, 0.15) is 0 Å². The number of amides is 2. The van der Waals surface area contributed by atoms with Gasteiger partial charge in [-0.15, -0.1) is 0 Å². The number of carbonyl (C=O) groups excluding carboxylic acids is 2. The van der Waals surface area contributed by atoms with Crippen molar-refractivity contribution in [3.05, 3.63) is 83.4 Å². The Kier molecular flexibility index (Phi) is 4.82. The minimum atomic E-state index is -0.686. The quantitative estimate of drug-likeness (QED) is 0.389. The maximum Gasteiger partial charge on any atom is 0.274 e. The summed E-state index contributed by atoms with van der Waals surface area (Å²) in [7, 11) is 0. The number of benzene rings is 3. The van der Waals surface area contributed by atoms with Crippen molar-refractivity contribution in [2.24, 2.45) is 5.10 Å². The molecule has 0 saturated heterocycles. The first-order valence-electron chi connectivity index (χ1n) is 7.54. The van der Waals surface area contributed by atoms with Gasteiger partial charge in [-0.3, -0.25) is 14.8 Å². The predicted molar refractivity (Wildman–Crippen MR) is 94.7 cm³/mol. The molecule has 0 saturated carbocycles. The minimum absolute atomic E-state index is 0.175. The third-order valence-electron chi connectivity index (χ3n) is 3.64. The fourth-order valence-electron chi connectivity index (χ4n) is 2.38. The monoisotopic (exact) mass is 333 g/mol. The zero-order valence-electron chi connectivity index (χ0n) is 13.1. The Labute approximate surface area is 143 Å². The number of hydroxylamine groups is 1. The van der Waals surface area contributed by atoms with Gasteiger partial charge in [-0.2, -0.15) is 5.10 Å². The van der Waals surface area contributed by atoms with Crippen molar-refractivity contribution < 1.29 is 14.8 Å². The highest BCUT2D eigenvalue weighted by Crippen LogP contribution is 2.14. The number of nitrogens with zero attached hydrogens (tertiary/aromatic N) is 1. The molecule has 3 N–H and O–H groups in total. The molecule has 0 aliphatic rings. The highest BCUT2D eigenvalue weighted by atomic mass is 16.5. The molecule has 0 aliphatic carbocycles. The van der Waals surface area contributed by atoms with Crippen LogP contribution < -0.4 is 10.9 Å². The third kappa shape index (κ3) is 3.88. The fraction of sp³-hybridized carbons (Fsp3) is 0. The van der Waals surface area contributed by atoms with Crippen LogP contribution in [0.15, 0.2) is 71.8 Å². The number of hydrazone groups is 1. The Bertz CT molecular complexity index is 967. The van der Waals surface area contributed by atoms with Gasteiger partial charge in [0.25, 0.3) is 11.8 Å². The second-order valence-electron chi connectivity index (χ2n) is 5.33. The largest absolute Gasteiger partial charge is 0.288 e. The van der Waals surface area contributed by atoms with E-state index in [4.69, 9.17) is 5.21 Å². The number of fused-ring (bicyclic) bond motifs is 1. The molecule has 3 aromatic rings. The summed E-state index contributed by atoms with van der Waals surface area (Å²) in [6, 6.07) is 19.8. The van der Waals surface area contributed by atoms with Gasteiger partial charge in [0.05, 0.1) is 6.21 Å². The van der Waals surface area contributed by atoms with Crippen molar-refractivity contribution in [1.29, 1.82) is 0 Å². The molecule has 0 atom stereocenters. The van der Waals surface area contributed by atoms with Gasteiger partial charge in [0, 0.05) is 11.1 Å². The van der Waals surface area contributed by atoms with E-state index in [1.54, 1.807) is 18.3 Å². The van der Waals surface area contributed by atoms with Crippen molar-refractivity contribution in [3.8, 4) is 0 Å². The maximum atomic E-state index is 12.1. The molecule has 0 bridgehead atoms. The molecule has 0 unspecified atom stereocenters. The van der Waals surface area contributed by atoms with E-state index >= 15 is 0 Å². The zero-order chi connectivity index (χ0) is 17.6. The number of carbonyl (C=O) groups is 2. The van der Waals surface area contributed by atoms with Gasteiger partial charge < -0.3 is 0 Å². The van der Waals surface area contributed by atoms with E-state index in [9.17, 15) is 9.59 Å². The van der Waals surface area contributed by atoms with Gasteiger partial charge in [-0.25, -0.2) is 10.9 Å². The Balaban J connectivity index is 1.70. The van der Waals surface area contributed by atoms with Crippen LogP contribution >= 0.6 is 0 Å². The number of hydrogen-bond donors (Lipinski definition) is 3. The summed E-state index contributed by atoms with van der Waals surface area (Å²) in [5.74, 6) is -1.14. The summed E-state index contributed by atoms with van der Waals surface area (Å²) < 4.78 is 0. The molecule has 2 amide bonds. The molecule has 0 radical (unpaired) electrons.